The van der Waals surface area contributed by atoms with Crippen LogP contribution in [0, 0.1) is 0 Å². The molecule has 68 valence electrons. The third-order valence-electron chi connectivity index (χ3n) is 1.64. The molecule has 0 aromatic carbocycles. The number of aromatic nitrogens is 2. The molecule has 1 saturated heterocycles. The van der Waals surface area contributed by atoms with E-state index in [2.05, 4.69) is 25.9 Å². The lowest BCUT2D eigenvalue weighted by atomic mass is 10.5. The summed E-state index contributed by atoms with van der Waals surface area (Å²) in [6.07, 6.45) is 2.70. The highest BCUT2D eigenvalue weighted by Crippen LogP contribution is 2.15. The Morgan fingerprint density at radius 2 is 2.31 bits per heavy atom. The molecule has 0 aliphatic carbocycles. The summed E-state index contributed by atoms with van der Waals surface area (Å²) in [7, 11) is 0. The second-order valence-electron chi connectivity index (χ2n) is 2.46. The molecule has 13 heavy (non-hydrogen) atoms. The lowest BCUT2D eigenvalue weighted by molar-refractivity contribution is 0.181. The Morgan fingerprint density at radius 1 is 1.46 bits per heavy atom. The molecule has 1 fully saturated rings. The fraction of sp³-hybridized carbons (Fsp3) is 0.286. The third kappa shape index (κ3) is 1.62. The number of hydrogen-bond donors (Lipinski definition) is 0. The first-order valence-electron chi connectivity index (χ1n) is 3.69. The number of nitrogens with zero attached hydrogens (tertiary/aromatic N) is 3. The van der Waals surface area contributed by atoms with Crippen LogP contribution in [0.2, 0.25) is 0 Å². The Hall–Kier alpha value is -1.17. The lowest BCUT2D eigenvalue weighted by Gasteiger charge is -2.09. The minimum Gasteiger partial charge on any atom is -0.447 e. The SMILES string of the molecule is O=C1OCCN1c1cnc(Br)cn1. The molecule has 1 amide bonds. The number of hydrogen-bond acceptors (Lipinski definition) is 4. The predicted octanol–water partition coefficient (Wildman–Crippen LogP) is 1.20. The van der Waals surface area contributed by atoms with Gasteiger partial charge in [-0.05, 0) is 15.9 Å². The van der Waals surface area contributed by atoms with Crippen molar-refractivity contribution in [3.05, 3.63) is 17.0 Å². The number of cyclic esters (lactones) is 1. The molecule has 0 spiro atoms. The average Bonchev–Trinajstić information content (AvgIpc) is 2.53. The number of ether oxygens (including phenoxy) is 1. The van der Waals surface area contributed by atoms with Gasteiger partial charge in [-0.2, -0.15) is 0 Å². The highest BCUT2D eigenvalue weighted by molar-refractivity contribution is 9.10. The van der Waals surface area contributed by atoms with E-state index in [1.807, 2.05) is 0 Å². The first-order chi connectivity index (χ1) is 6.27. The van der Waals surface area contributed by atoms with Gasteiger partial charge in [-0.1, -0.05) is 0 Å². The Bertz CT molecular complexity index is 327. The largest absolute Gasteiger partial charge is 0.447 e. The van der Waals surface area contributed by atoms with E-state index in [0.717, 1.165) is 0 Å². The number of halogens is 1. The molecule has 0 radical (unpaired) electrons. The first kappa shape index (κ1) is 8.43. The van der Waals surface area contributed by atoms with Gasteiger partial charge in [-0.15, -0.1) is 0 Å². The van der Waals surface area contributed by atoms with E-state index in [1.54, 1.807) is 6.20 Å². The van der Waals surface area contributed by atoms with Gasteiger partial charge < -0.3 is 4.74 Å². The van der Waals surface area contributed by atoms with Gasteiger partial charge in [0.1, 0.15) is 11.2 Å². The van der Waals surface area contributed by atoms with Crippen molar-refractivity contribution >= 4 is 27.8 Å². The van der Waals surface area contributed by atoms with Gasteiger partial charge in [-0.3, -0.25) is 4.90 Å². The summed E-state index contributed by atoms with van der Waals surface area (Å²) in [6.45, 7) is 0.950. The summed E-state index contributed by atoms with van der Waals surface area (Å²) in [5.41, 5.74) is 0. The van der Waals surface area contributed by atoms with Crippen LogP contribution in [0.5, 0.6) is 0 Å². The van der Waals surface area contributed by atoms with Crippen LogP contribution >= 0.6 is 15.9 Å². The summed E-state index contributed by atoms with van der Waals surface area (Å²) in [5, 5.41) is 0. The number of carbonyl (C=O) groups excluding carboxylic acids is 1. The second-order valence-corrected chi connectivity index (χ2v) is 3.28. The molecular formula is C7H6BrN3O2. The topological polar surface area (TPSA) is 55.3 Å². The van der Waals surface area contributed by atoms with Gasteiger partial charge in [0.25, 0.3) is 0 Å². The van der Waals surface area contributed by atoms with Crippen LogP contribution < -0.4 is 4.90 Å². The molecule has 0 unspecified atom stereocenters. The first-order valence-corrected chi connectivity index (χ1v) is 4.48. The summed E-state index contributed by atoms with van der Waals surface area (Å²) in [4.78, 5) is 20.5. The lowest BCUT2D eigenvalue weighted by Crippen LogP contribution is -2.24. The van der Waals surface area contributed by atoms with E-state index in [4.69, 9.17) is 4.74 Å². The zero-order valence-electron chi connectivity index (χ0n) is 6.61. The number of anilines is 1. The molecule has 2 rings (SSSR count). The van der Waals surface area contributed by atoms with Crippen LogP contribution in [0.25, 0.3) is 0 Å². The van der Waals surface area contributed by atoms with E-state index in [-0.39, 0.29) is 6.09 Å². The van der Waals surface area contributed by atoms with Gasteiger partial charge in [0.2, 0.25) is 0 Å². The summed E-state index contributed by atoms with van der Waals surface area (Å²) >= 11 is 3.16. The molecular weight excluding hydrogens is 238 g/mol. The number of carbonyl (C=O) groups is 1. The maximum absolute atomic E-state index is 11.1. The fourth-order valence-corrected chi connectivity index (χ4v) is 1.25. The van der Waals surface area contributed by atoms with Crippen LogP contribution in [0.4, 0.5) is 10.6 Å². The average molecular weight is 244 g/mol. The van der Waals surface area contributed by atoms with Gasteiger partial charge in [0, 0.05) is 0 Å². The van der Waals surface area contributed by atoms with Crippen LogP contribution in [-0.2, 0) is 4.74 Å². The molecule has 1 aromatic rings. The standard InChI is InChI=1S/C7H6BrN3O2/c8-5-3-10-6(4-9-5)11-1-2-13-7(11)12/h3-4H,1-2H2. The highest BCUT2D eigenvalue weighted by atomic mass is 79.9. The Morgan fingerprint density at radius 3 is 2.85 bits per heavy atom. The minimum absolute atomic E-state index is 0.364. The van der Waals surface area contributed by atoms with Crippen molar-refractivity contribution < 1.29 is 9.53 Å². The van der Waals surface area contributed by atoms with E-state index in [9.17, 15) is 4.79 Å². The number of amides is 1. The van der Waals surface area contributed by atoms with Crippen molar-refractivity contribution in [1.82, 2.24) is 9.97 Å². The van der Waals surface area contributed by atoms with Crippen LogP contribution in [0.15, 0.2) is 17.0 Å². The Labute approximate surface area is 82.9 Å². The molecule has 2 heterocycles. The predicted molar refractivity (Wildman–Crippen MR) is 48.4 cm³/mol. The molecule has 0 bridgehead atoms. The molecule has 1 aliphatic rings. The van der Waals surface area contributed by atoms with Crippen molar-refractivity contribution in [2.45, 2.75) is 0 Å². The normalized spacial score (nSPS) is 16.1. The number of rotatable bonds is 1. The summed E-state index contributed by atoms with van der Waals surface area (Å²) in [6, 6.07) is 0. The van der Waals surface area contributed by atoms with E-state index < -0.39 is 0 Å². The second kappa shape index (κ2) is 3.29. The van der Waals surface area contributed by atoms with Crippen molar-refractivity contribution in [2.75, 3.05) is 18.1 Å². The van der Waals surface area contributed by atoms with Crippen molar-refractivity contribution in [3.8, 4) is 0 Å². The minimum atomic E-state index is -0.364. The van der Waals surface area contributed by atoms with Gasteiger partial charge in [0.15, 0.2) is 5.82 Å². The monoisotopic (exact) mass is 243 g/mol. The van der Waals surface area contributed by atoms with Crippen molar-refractivity contribution in [1.29, 1.82) is 0 Å². The molecule has 1 aromatic heterocycles. The Balaban J connectivity index is 2.25. The maximum Gasteiger partial charge on any atom is 0.415 e. The molecule has 0 N–H and O–H groups in total. The zero-order chi connectivity index (χ0) is 9.26. The van der Waals surface area contributed by atoms with Crippen molar-refractivity contribution in [3.63, 3.8) is 0 Å². The molecule has 6 heteroatoms. The van der Waals surface area contributed by atoms with E-state index in [1.165, 1.54) is 11.1 Å². The van der Waals surface area contributed by atoms with E-state index >= 15 is 0 Å². The van der Waals surface area contributed by atoms with E-state index in [0.29, 0.717) is 23.6 Å². The molecule has 0 atom stereocenters. The molecule has 0 saturated carbocycles. The summed E-state index contributed by atoms with van der Waals surface area (Å²) < 4.78 is 5.40. The van der Waals surface area contributed by atoms with Gasteiger partial charge in [0.05, 0.1) is 18.9 Å². The molecule has 1 aliphatic heterocycles. The zero-order valence-corrected chi connectivity index (χ0v) is 8.19. The van der Waals surface area contributed by atoms with Crippen LogP contribution in [0.3, 0.4) is 0 Å². The third-order valence-corrected chi connectivity index (χ3v) is 2.05. The molecule has 5 nitrogen and oxygen atoms in total. The van der Waals surface area contributed by atoms with Crippen LogP contribution in [-0.4, -0.2) is 29.2 Å². The summed E-state index contributed by atoms with van der Waals surface area (Å²) in [5.74, 6) is 0.519. The highest BCUT2D eigenvalue weighted by Gasteiger charge is 2.24. The van der Waals surface area contributed by atoms with Crippen molar-refractivity contribution in [2.24, 2.45) is 0 Å². The quantitative estimate of drug-likeness (QED) is 0.744. The Kier molecular flexibility index (Phi) is 2.13. The fourth-order valence-electron chi connectivity index (χ4n) is 1.05. The van der Waals surface area contributed by atoms with Gasteiger partial charge >= 0.3 is 6.09 Å². The van der Waals surface area contributed by atoms with Crippen LogP contribution in [0.1, 0.15) is 0 Å². The van der Waals surface area contributed by atoms with Gasteiger partial charge in [-0.25, -0.2) is 14.8 Å². The maximum atomic E-state index is 11.1. The smallest absolute Gasteiger partial charge is 0.415 e.